The fourth-order valence-electron chi connectivity index (χ4n) is 4.81. The summed E-state index contributed by atoms with van der Waals surface area (Å²) in [4.78, 5) is 0. The minimum Gasteiger partial charge on any atom is -0.0619 e. The van der Waals surface area contributed by atoms with Gasteiger partial charge in [-0.3, -0.25) is 0 Å². The standard InChI is InChI=1S/C24H22/c1-14-9-10-16-18(11-14)15(2)19-12-21-17-7-5-6-8-22(17)24(3,4)23(21)13-20(16)19/h5-13,15H,1-4H3. The highest BCUT2D eigenvalue weighted by atomic mass is 14.4. The van der Waals surface area contributed by atoms with Gasteiger partial charge < -0.3 is 0 Å². The molecule has 0 fully saturated rings. The fourth-order valence-corrected chi connectivity index (χ4v) is 4.81. The molecule has 2 aliphatic carbocycles. The Morgan fingerprint density at radius 3 is 2.29 bits per heavy atom. The Hall–Kier alpha value is -2.34. The molecule has 0 saturated carbocycles. The predicted molar refractivity (Wildman–Crippen MR) is 102 cm³/mol. The first-order valence-corrected chi connectivity index (χ1v) is 8.87. The van der Waals surface area contributed by atoms with Crippen molar-refractivity contribution >= 4 is 0 Å². The van der Waals surface area contributed by atoms with Gasteiger partial charge in [0.1, 0.15) is 0 Å². The van der Waals surface area contributed by atoms with Crippen LogP contribution in [0.15, 0.2) is 54.6 Å². The van der Waals surface area contributed by atoms with E-state index in [1.807, 2.05) is 0 Å². The molecule has 3 aromatic rings. The van der Waals surface area contributed by atoms with Crippen LogP contribution in [0.1, 0.15) is 54.5 Å². The van der Waals surface area contributed by atoms with E-state index in [4.69, 9.17) is 0 Å². The summed E-state index contributed by atoms with van der Waals surface area (Å²) in [6.45, 7) is 9.26. The maximum atomic E-state index is 2.47. The van der Waals surface area contributed by atoms with Gasteiger partial charge >= 0.3 is 0 Å². The van der Waals surface area contributed by atoms with Gasteiger partial charge in [0.15, 0.2) is 0 Å². The molecule has 1 atom stereocenters. The molecule has 24 heavy (non-hydrogen) atoms. The lowest BCUT2D eigenvalue weighted by atomic mass is 9.81. The molecule has 0 nitrogen and oxygen atoms in total. The van der Waals surface area contributed by atoms with Crippen molar-refractivity contribution in [1.29, 1.82) is 0 Å². The van der Waals surface area contributed by atoms with Crippen molar-refractivity contribution in [2.24, 2.45) is 0 Å². The molecule has 1 unspecified atom stereocenters. The second-order valence-corrected chi connectivity index (χ2v) is 7.97. The molecule has 0 bridgehead atoms. The summed E-state index contributed by atoms with van der Waals surface area (Å²) in [6.07, 6.45) is 0. The van der Waals surface area contributed by atoms with E-state index < -0.39 is 0 Å². The molecular weight excluding hydrogens is 288 g/mol. The highest BCUT2D eigenvalue weighted by Crippen LogP contribution is 2.54. The van der Waals surface area contributed by atoms with Crippen LogP contribution in [0, 0.1) is 6.92 Å². The van der Waals surface area contributed by atoms with Crippen LogP contribution in [0.25, 0.3) is 22.3 Å². The molecule has 0 heteroatoms. The quantitative estimate of drug-likeness (QED) is 0.448. The van der Waals surface area contributed by atoms with Crippen LogP contribution >= 0.6 is 0 Å². The Balaban J connectivity index is 1.82. The van der Waals surface area contributed by atoms with Gasteiger partial charge in [-0.1, -0.05) is 68.8 Å². The first-order chi connectivity index (χ1) is 11.5. The zero-order valence-electron chi connectivity index (χ0n) is 14.8. The van der Waals surface area contributed by atoms with Gasteiger partial charge in [-0.15, -0.1) is 0 Å². The predicted octanol–water partition coefficient (Wildman–Crippen LogP) is 6.43. The lowest BCUT2D eigenvalue weighted by Gasteiger charge is -2.22. The average Bonchev–Trinajstić information content (AvgIpc) is 2.97. The Labute approximate surface area is 144 Å². The van der Waals surface area contributed by atoms with E-state index in [-0.39, 0.29) is 5.41 Å². The summed E-state index contributed by atoms with van der Waals surface area (Å²) in [5.74, 6) is 0.482. The van der Waals surface area contributed by atoms with Crippen molar-refractivity contribution in [2.75, 3.05) is 0 Å². The van der Waals surface area contributed by atoms with Gasteiger partial charge in [-0.05, 0) is 63.6 Å². The third-order valence-electron chi connectivity index (χ3n) is 6.18. The van der Waals surface area contributed by atoms with Crippen molar-refractivity contribution < 1.29 is 0 Å². The largest absolute Gasteiger partial charge is 0.0619 e. The van der Waals surface area contributed by atoms with E-state index >= 15 is 0 Å². The molecule has 0 saturated heterocycles. The molecule has 0 amide bonds. The number of fused-ring (bicyclic) bond motifs is 6. The lowest BCUT2D eigenvalue weighted by Crippen LogP contribution is -2.15. The fraction of sp³-hybridized carbons (Fsp3) is 0.250. The third-order valence-corrected chi connectivity index (χ3v) is 6.18. The number of aryl methyl sites for hydroxylation is 1. The Kier molecular flexibility index (Phi) is 2.57. The summed E-state index contributed by atoms with van der Waals surface area (Å²) in [7, 11) is 0. The molecular formula is C24H22. The SMILES string of the molecule is Cc1ccc2c(c1)C(C)c1cc3c(cc1-2)C(C)(C)c1ccccc1-3. The van der Waals surface area contributed by atoms with Crippen LogP contribution in [-0.4, -0.2) is 0 Å². The lowest BCUT2D eigenvalue weighted by molar-refractivity contribution is 0.660. The van der Waals surface area contributed by atoms with Crippen LogP contribution < -0.4 is 0 Å². The first kappa shape index (κ1) is 14.0. The van der Waals surface area contributed by atoms with Crippen LogP contribution in [0.5, 0.6) is 0 Å². The van der Waals surface area contributed by atoms with E-state index in [0.29, 0.717) is 5.92 Å². The van der Waals surface area contributed by atoms with Crippen molar-refractivity contribution in [3.05, 3.63) is 82.4 Å². The molecule has 0 N–H and O–H groups in total. The number of hydrogen-bond acceptors (Lipinski definition) is 0. The Bertz CT molecular complexity index is 1000. The van der Waals surface area contributed by atoms with Gasteiger partial charge in [-0.2, -0.15) is 0 Å². The van der Waals surface area contributed by atoms with Crippen molar-refractivity contribution in [2.45, 2.75) is 39.0 Å². The molecule has 0 radical (unpaired) electrons. The van der Waals surface area contributed by atoms with Gasteiger partial charge in [-0.25, -0.2) is 0 Å². The molecule has 2 aliphatic rings. The summed E-state index contributed by atoms with van der Waals surface area (Å²) in [6, 6.07) is 20.8. The number of rotatable bonds is 0. The number of benzene rings is 3. The van der Waals surface area contributed by atoms with E-state index in [2.05, 4.69) is 82.3 Å². The van der Waals surface area contributed by atoms with Gasteiger partial charge in [0.2, 0.25) is 0 Å². The van der Waals surface area contributed by atoms with Crippen LogP contribution in [0.2, 0.25) is 0 Å². The molecule has 0 aromatic heterocycles. The zero-order chi connectivity index (χ0) is 16.6. The molecule has 0 heterocycles. The smallest absolute Gasteiger partial charge is 0.0159 e. The van der Waals surface area contributed by atoms with Gasteiger partial charge in [0, 0.05) is 11.3 Å². The van der Waals surface area contributed by atoms with Crippen molar-refractivity contribution in [1.82, 2.24) is 0 Å². The zero-order valence-corrected chi connectivity index (χ0v) is 14.8. The molecule has 3 aromatic carbocycles. The summed E-state index contributed by atoms with van der Waals surface area (Å²) < 4.78 is 0. The minimum atomic E-state index is 0.0810. The summed E-state index contributed by atoms with van der Waals surface area (Å²) >= 11 is 0. The highest BCUT2D eigenvalue weighted by molar-refractivity contribution is 5.88. The average molecular weight is 310 g/mol. The van der Waals surface area contributed by atoms with Gasteiger partial charge in [0.05, 0.1) is 0 Å². The molecule has 0 spiro atoms. The number of hydrogen-bond donors (Lipinski definition) is 0. The van der Waals surface area contributed by atoms with Crippen molar-refractivity contribution in [3.8, 4) is 22.3 Å². The van der Waals surface area contributed by atoms with Crippen molar-refractivity contribution in [3.63, 3.8) is 0 Å². The monoisotopic (exact) mass is 310 g/mol. The molecule has 118 valence electrons. The molecule has 5 rings (SSSR count). The maximum Gasteiger partial charge on any atom is 0.0159 e. The second-order valence-electron chi connectivity index (χ2n) is 7.97. The van der Waals surface area contributed by atoms with E-state index in [9.17, 15) is 0 Å². The second kappa shape index (κ2) is 4.39. The summed E-state index contributed by atoms with van der Waals surface area (Å²) in [5.41, 5.74) is 13.1. The van der Waals surface area contributed by atoms with E-state index in [0.717, 1.165) is 0 Å². The normalized spacial score (nSPS) is 18.8. The maximum absolute atomic E-state index is 2.47. The minimum absolute atomic E-state index is 0.0810. The molecule has 0 aliphatic heterocycles. The Morgan fingerprint density at radius 1 is 0.708 bits per heavy atom. The van der Waals surface area contributed by atoms with E-state index in [1.165, 1.54) is 50.1 Å². The topological polar surface area (TPSA) is 0 Å². The van der Waals surface area contributed by atoms with Crippen LogP contribution in [-0.2, 0) is 5.41 Å². The first-order valence-electron chi connectivity index (χ1n) is 8.87. The van der Waals surface area contributed by atoms with Crippen LogP contribution in [0.4, 0.5) is 0 Å². The summed E-state index contributed by atoms with van der Waals surface area (Å²) in [5, 5.41) is 0. The Morgan fingerprint density at radius 2 is 1.46 bits per heavy atom. The third kappa shape index (κ3) is 1.59. The van der Waals surface area contributed by atoms with E-state index in [1.54, 1.807) is 0 Å². The van der Waals surface area contributed by atoms with Crippen LogP contribution in [0.3, 0.4) is 0 Å². The highest BCUT2D eigenvalue weighted by Gasteiger charge is 2.37. The van der Waals surface area contributed by atoms with Gasteiger partial charge in [0.25, 0.3) is 0 Å².